The molecule has 0 aliphatic heterocycles. The Labute approximate surface area is 195 Å². The van der Waals surface area contributed by atoms with Gasteiger partial charge in [-0.3, -0.25) is 9.36 Å². The highest BCUT2D eigenvalue weighted by Gasteiger charge is 2.21. The molecule has 0 saturated carbocycles. The van der Waals surface area contributed by atoms with Crippen molar-refractivity contribution in [2.75, 3.05) is 26.5 Å². The maximum atomic E-state index is 12.1. The number of methoxy groups -OCH3 is 2. The predicted octanol–water partition coefficient (Wildman–Crippen LogP) is 4.88. The van der Waals surface area contributed by atoms with Crippen molar-refractivity contribution in [1.29, 1.82) is 0 Å². The number of hydrogen-bond acceptors (Lipinski definition) is 6. The molecule has 1 N–H and O–H groups in total. The number of thioether (sulfide) groups is 1. The lowest BCUT2D eigenvalue weighted by molar-refractivity contribution is -0.118. The summed E-state index contributed by atoms with van der Waals surface area (Å²) in [6.45, 7) is 2.63. The summed E-state index contributed by atoms with van der Waals surface area (Å²) in [4.78, 5) is 12.1. The van der Waals surface area contributed by atoms with Gasteiger partial charge in [0.05, 0.1) is 36.2 Å². The Balaban J connectivity index is 2.08. The van der Waals surface area contributed by atoms with Crippen molar-refractivity contribution in [2.24, 2.45) is 0 Å². The van der Waals surface area contributed by atoms with Crippen LogP contribution >= 0.6 is 35.0 Å². The summed E-state index contributed by atoms with van der Waals surface area (Å²) in [5, 5.41) is 13.1. The second-order valence-electron chi connectivity index (χ2n) is 6.44. The molecule has 0 spiro atoms. The Kier molecular flexibility index (Phi) is 8.06. The van der Waals surface area contributed by atoms with Gasteiger partial charge in [-0.1, -0.05) is 41.9 Å². The molecule has 10 heteroatoms. The van der Waals surface area contributed by atoms with Crippen molar-refractivity contribution in [3.05, 3.63) is 46.4 Å². The lowest BCUT2D eigenvalue weighted by Crippen LogP contribution is -2.25. The Morgan fingerprint density at radius 3 is 2.52 bits per heavy atom. The second-order valence-corrected chi connectivity index (χ2v) is 8.23. The third-order valence-corrected chi connectivity index (χ3v) is 5.79. The van der Waals surface area contributed by atoms with Gasteiger partial charge in [-0.15, -0.1) is 10.2 Å². The average molecular weight is 481 g/mol. The molecule has 164 valence electrons. The van der Waals surface area contributed by atoms with E-state index in [1.54, 1.807) is 44.6 Å². The van der Waals surface area contributed by atoms with E-state index >= 15 is 0 Å². The first-order chi connectivity index (χ1) is 15.0. The first kappa shape index (κ1) is 23.2. The maximum Gasteiger partial charge on any atom is 0.230 e. The van der Waals surface area contributed by atoms with Crippen LogP contribution in [0.25, 0.3) is 17.1 Å². The average Bonchev–Trinajstić information content (AvgIpc) is 3.19. The molecular formula is C21H22Cl2N4O3S. The molecule has 3 aromatic rings. The van der Waals surface area contributed by atoms with E-state index in [-0.39, 0.29) is 11.7 Å². The number of rotatable bonds is 9. The molecular weight excluding hydrogens is 459 g/mol. The van der Waals surface area contributed by atoms with E-state index in [0.717, 1.165) is 6.42 Å². The summed E-state index contributed by atoms with van der Waals surface area (Å²) in [7, 11) is 3.13. The van der Waals surface area contributed by atoms with Crippen LogP contribution in [0.2, 0.25) is 10.0 Å². The van der Waals surface area contributed by atoms with Crippen molar-refractivity contribution in [3.63, 3.8) is 0 Å². The first-order valence-electron chi connectivity index (χ1n) is 9.51. The smallest absolute Gasteiger partial charge is 0.230 e. The van der Waals surface area contributed by atoms with Gasteiger partial charge in [0, 0.05) is 11.6 Å². The maximum absolute atomic E-state index is 12.1. The molecule has 0 radical (unpaired) electrons. The zero-order valence-corrected chi connectivity index (χ0v) is 19.6. The molecule has 1 amide bonds. The van der Waals surface area contributed by atoms with E-state index in [4.69, 9.17) is 32.7 Å². The molecule has 7 nitrogen and oxygen atoms in total. The number of amides is 1. The third kappa shape index (κ3) is 5.44. The summed E-state index contributed by atoms with van der Waals surface area (Å²) >= 11 is 13.9. The fourth-order valence-electron chi connectivity index (χ4n) is 2.87. The van der Waals surface area contributed by atoms with Gasteiger partial charge in [0.1, 0.15) is 11.5 Å². The normalized spacial score (nSPS) is 10.7. The Bertz CT molecular complexity index is 1070. The Hall–Kier alpha value is -2.42. The molecule has 2 aromatic carbocycles. The predicted molar refractivity (Wildman–Crippen MR) is 124 cm³/mol. The Morgan fingerprint density at radius 2 is 1.84 bits per heavy atom. The van der Waals surface area contributed by atoms with Gasteiger partial charge in [0.25, 0.3) is 0 Å². The van der Waals surface area contributed by atoms with Crippen LogP contribution in [-0.2, 0) is 4.79 Å². The monoisotopic (exact) mass is 480 g/mol. The van der Waals surface area contributed by atoms with Crippen LogP contribution in [-0.4, -0.2) is 47.2 Å². The van der Waals surface area contributed by atoms with Crippen LogP contribution in [0, 0.1) is 0 Å². The number of nitrogens with one attached hydrogen (secondary N) is 1. The summed E-state index contributed by atoms with van der Waals surface area (Å²) in [6.07, 6.45) is 0.871. The zero-order chi connectivity index (χ0) is 22.4. The molecule has 0 bridgehead atoms. The van der Waals surface area contributed by atoms with Crippen molar-refractivity contribution in [3.8, 4) is 28.6 Å². The first-order valence-corrected chi connectivity index (χ1v) is 11.2. The van der Waals surface area contributed by atoms with E-state index in [2.05, 4.69) is 15.5 Å². The topological polar surface area (TPSA) is 78.3 Å². The van der Waals surface area contributed by atoms with Gasteiger partial charge < -0.3 is 14.8 Å². The summed E-state index contributed by atoms with van der Waals surface area (Å²) in [5.41, 5.74) is 1.38. The van der Waals surface area contributed by atoms with Gasteiger partial charge in [-0.2, -0.15) is 0 Å². The molecule has 1 heterocycles. The highest BCUT2D eigenvalue weighted by Crippen LogP contribution is 2.36. The summed E-state index contributed by atoms with van der Waals surface area (Å²) in [5.74, 6) is 1.78. The van der Waals surface area contributed by atoms with Crippen molar-refractivity contribution >= 4 is 40.9 Å². The molecule has 0 unspecified atom stereocenters. The van der Waals surface area contributed by atoms with Crippen LogP contribution in [0.15, 0.2) is 41.6 Å². The zero-order valence-electron chi connectivity index (χ0n) is 17.3. The van der Waals surface area contributed by atoms with Crippen LogP contribution in [0.3, 0.4) is 0 Å². The fourth-order valence-corrected chi connectivity index (χ4v) is 4.07. The third-order valence-electron chi connectivity index (χ3n) is 4.33. The minimum Gasteiger partial charge on any atom is -0.496 e. The molecule has 0 atom stereocenters. The lowest BCUT2D eigenvalue weighted by Gasteiger charge is -2.14. The standard InChI is InChI=1S/C21H22Cl2N4O3S/c1-4-9-24-19(28)12-31-21-26-25-20(15-10-13(22)5-7-17(15)29-2)27(21)14-6-8-18(30-3)16(23)11-14/h5-8,10-11H,4,9,12H2,1-3H3,(H,24,28). The van der Waals surface area contributed by atoms with Gasteiger partial charge in [-0.25, -0.2) is 0 Å². The van der Waals surface area contributed by atoms with E-state index in [1.807, 2.05) is 17.6 Å². The van der Waals surface area contributed by atoms with E-state index < -0.39 is 0 Å². The van der Waals surface area contributed by atoms with Crippen LogP contribution < -0.4 is 14.8 Å². The summed E-state index contributed by atoms with van der Waals surface area (Å²) in [6, 6.07) is 10.6. The number of nitrogens with zero attached hydrogens (tertiary/aromatic N) is 3. The summed E-state index contributed by atoms with van der Waals surface area (Å²) < 4.78 is 12.6. The van der Waals surface area contributed by atoms with Crippen molar-refractivity contribution < 1.29 is 14.3 Å². The highest BCUT2D eigenvalue weighted by atomic mass is 35.5. The van der Waals surface area contributed by atoms with Gasteiger partial charge in [0.2, 0.25) is 5.91 Å². The van der Waals surface area contributed by atoms with Crippen LogP contribution in [0.5, 0.6) is 11.5 Å². The molecule has 0 aliphatic carbocycles. The molecule has 0 saturated heterocycles. The van der Waals surface area contributed by atoms with Crippen LogP contribution in [0.4, 0.5) is 0 Å². The number of carbonyl (C=O) groups is 1. The van der Waals surface area contributed by atoms with E-state index in [1.165, 1.54) is 11.8 Å². The lowest BCUT2D eigenvalue weighted by atomic mass is 10.2. The van der Waals surface area contributed by atoms with Crippen molar-refractivity contribution in [2.45, 2.75) is 18.5 Å². The van der Waals surface area contributed by atoms with Crippen molar-refractivity contribution in [1.82, 2.24) is 20.1 Å². The quantitative estimate of drug-likeness (QED) is 0.439. The highest BCUT2D eigenvalue weighted by molar-refractivity contribution is 7.99. The van der Waals surface area contributed by atoms with Gasteiger partial charge in [-0.05, 0) is 42.8 Å². The number of hydrogen-bond donors (Lipinski definition) is 1. The van der Waals surface area contributed by atoms with Crippen LogP contribution in [0.1, 0.15) is 13.3 Å². The SMILES string of the molecule is CCCNC(=O)CSc1nnc(-c2cc(Cl)ccc2OC)n1-c1ccc(OC)c(Cl)c1. The van der Waals surface area contributed by atoms with E-state index in [0.29, 0.717) is 50.3 Å². The van der Waals surface area contributed by atoms with E-state index in [9.17, 15) is 4.79 Å². The molecule has 1 aromatic heterocycles. The number of ether oxygens (including phenoxy) is 2. The molecule has 0 aliphatic rings. The second kappa shape index (κ2) is 10.7. The molecule has 31 heavy (non-hydrogen) atoms. The number of aromatic nitrogens is 3. The minimum absolute atomic E-state index is 0.0731. The fraction of sp³-hybridized carbons (Fsp3) is 0.286. The largest absolute Gasteiger partial charge is 0.496 e. The molecule has 0 fully saturated rings. The van der Waals surface area contributed by atoms with Gasteiger partial charge in [0.15, 0.2) is 11.0 Å². The minimum atomic E-state index is -0.0731. The molecule has 3 rings (SSSR count). The number of carbonyl (C=O) groups excluding carboxylic acids is 1. The van der Waals surface area contributed by atoms with Gasteiger partial charge >= 0.3 is 0 Å². The number of benzene rings is 2. The Morgan fingerprint density at radius 1 is 1.10 bits per heavy atom. The number of halogens is 2.